The molecule has 1 aromatic carbocycles. The number of nitrogens with zero attached hydrogens (tertiary/aromatic N) is 2. The van der Waals surface area contributed by atoms with Crippen molar-refractivity contribution in [1.29, 1.82) is 0 Å². The smallest absolute Gasteiger partial charge is 0.154 e. The van der Waals surface area contributed by atoms with Crippen LogP contribution in [0.25, 0.3) is 10.9 Å². The summed E-state index contributed by atoms with van der Waals surface area (Å²) in [6, 6.07) is 7.23. The standard InChI is InChI=1S/C10H11N3O2S/c1-16(14,15)6-9-12-8-5-3-2-4-7(8)10(11)13-9/h2-5H,6H2,1H3,(H2,11,12,13). The molecule has 0 atom stereocenters. The Hall–Kier alpha value is -1.69. The summed E-state index contributed by atoms with van der Waals surface area (Å²) in [4.78, 5) is 8.13. The number of benzene rings is 1. The highest BCUT2D eigenvalue weighted by atomic mass is 32.2. The first-order chi connectivity index (χ1) is 7.46. The summed E-state index contributed by atoms with van der Waals surface area (Å²) in [5, 5.41) is 0.736. The largest absolute Gasteiger partial charge is 0.383 e. The minimum Gasteiger partial charge on any atom is -0.383 e. The third-order valence-electron chi connectivity index (χ3n) is 2.07. The minimum absolute atomic E-state index is 0.192. The number of nitrogen functional groups attached to an aromatic ring is 1. The van der Waals surface area contributed by atoms with Gasteiger partial charge in [0.25, 0.3) is 0 Å². The number of sulfone groups is 1. The van der Waals surface area contributed by atoms with Gasteiger partial charge in [0.2, 0.25) is 0 Å². The molecular formula is C10H11N3O2S. The van der Waals surface area contributed by atoms with Crippen molar-refractivity contribution in [2.24, 2.45) is 0 Å². The number of fused-ring (bicyclic) bond motifs is 1. The Morgan fingerprint density at radius 2 is 1.94 bits per heavy atom. The molecule has 0 unspecified atom stereocenters. The molecule has 2 rings (SSSR count). The van der Waals surface area contributed by atoms with E-state index in [0.717, 1.165) is 11.6 Å². The number of anilines is 1. The SMILES string of the molecule is CS(=O)(=O)Cc1nc(N)c2ccccc2n1. The topological polar surface area (TPSA) is 85.9 Å². The van der Waals surface area contributed by atoms with E-state index < -0.39 is 9.84 Å². The molecule has 0 amide bonds. The lowest BCUT2D eigenvalue weighted by Crippen LogP contribution is -2.07. The summed E-state index contributed by atoms with van der Waals surface area (Å²) >= 11 is 0. The number of para-hydroxylation sites is 1. The van der Waals surface area contributed by atoms with Crippen LogP contribution in [0.5, 0.6) is 0 Å². The first kappa shape index (κ1) is 10.8. The minimum atomic E-state index is -3.14. The molecule has 0 spiro atoms. The van der Waals surface area contributed by atoms with Crippen molar-refractivity contribution in [2.45, 2.75) is 5.75 Å². The van der Waals surface area contributed by atoms with E-state index in [9.17, 15) is 8.42 Å². The molecule has 0 saturated heterocycles. The van der Waals surface area contributed by atoms with E-state index >= 15 is 0 Å². The maximum Gasteiger partial charge on any atom is 0.154 e. The van der Waals surface area contributed by atoms with Gasteiger partial charge in [-0.15, -0.1) is 0 Å². The van der Waals surface area contributed by atoms with Crippen LogP contribution in [0.2, 0.25) is 0 Å². The molecule has 2 N–H and O–H groups in total. The van der Waals surface area contributed by atoms with Gasteiger partial charge in [0.05, 0.1) is 5.52 Å². The third-order valence-corrected chi connectivity index (χ3v) is 2.85. The molecule has 1 heterocycles. The quantitative estimate of drug-likeness (QED) is 0.833. The maximum absolute atomic E-state index is 11.1. The number of nitrogens with two attached hydrogens (primary N) is 1. The molecule has 5 nitrogen and oxygen atoms in total. The zero-order valence-electron chi connectivity index (χ0n) is 8.71. The second kappa shape index (κ2) is 3.71. The maximum atomic E-state index is 11.1. The molecule has 0 aliphatic heterocycles. The Bertz CT molecular complexity index is 638. The molecule has 0 aliphatic carbocycles. The molecule has 0 saturated carbocycles. The van der Waals surface area contributed by atoms with Crippen LogP contribution in [0.1, 0.15) is 5.82 Å². The summed E-state index contributed by atoms with van der Waals surface area (Å²) in [5.41, 5.74) is 6.39. The van der Waals surface area contributed by atoms with Gasteiger partial charge >= 0.3 is 0 Å². The molecule has 0 aliphatic rings. The first-order valence-electron chi connectivity index (χ1n) is 4.64. The van der Waals surface area contributed by atoms with E-state index in [1.165, 1.54) is 0 Å². The average Bonchev–Trinajstić information content (AvgIpc) is 2.15. The molecule has 2 aromatic rings. The molecular weight excluding hydrogens is 226 g/mol. The van der Waals surface area contributed by atoms with Crippen LogP contribution >= 0.6 is 0 Å². The summed E-state index contributed by atoms with van der Waals surface area (Å²) in [6.07, 6.45) is 1.14. The van der Waals surface area contributed by atoms with Gasteiger partial charge in [-0.25, -0.2) is 18.4 Å². The molecule has 16 heavy (non-hydrogen) atoms. The second-order valence-corrected chi connectivity index (χ2v) is 5.75. The van der Waals surface area contributed by atoms with Gasteiger partial charge in [-0.2, -0.15) is 0 Å². The van der Waals surface area contributed by atoms with Crippen molar-refractivity contribution in [2.75, 3.05) is 12.0 Å². The molecule has 6 heteroatoms. The van der Waals surface area contributed by atoms with Crippen LogP contribution in [0.15, 0.2) is 24.3 Å². The summed E-state index contributed by atoms with van der Waals surface area (Å²) in [6.45, 7) is 0. The van der Waals surface area contributed by atoms with Gasteiger partial charge in [-0.05, 0) is 12.1 Å². The van der Waals surface area contributed by atoms with Crippen molar-refractivity contribution >= 4 is 26.6 Å². The first-order valence-corrected chi connectivity index (χ1v) is 6.70. The van der Waals surface area contributed by atoms with E-state index in [0.29, 0.717) is 11.3 Å². The molecule has 0 radical (unpaired) electrons. The lowest BCUT2D eigenvalue weighted by Gasteiger charge is -2.03. The van der Waals surface area contributed by atoms with Crippen molar-refractivity contribution in [3.8, 4) is 0 Å². The fraction of sp³-hybridized carbons (Fsp3) is 0.200. The van der Waals surface area contributed by atoms with Gasteiger partial charge in [0.15, 0.2) is 9.84 Å². The molecule has 0 bridgehead atoms. The highest BCUT2D eigenvalue weighted by Crippen LogP contribution is 2.17. The fourth-order valence-corrected chi connectivity index (χ4v) is 2.05. The van der Waals surface area contributed by atoms with Crippen LogP contribution in [0.3, 0.4) is 0 Å². The average molecular weight is 237 g/mol. The lowest BCUT2D eigenvalue weighted by molar-refractivity contribution is 0.600. The molecule has 0 fully saturated rings. The van der Waals surface area contributed by atoms with Crippen LogP contribution in [0.4, 0.5) is 5.82 Å². The van der Waals surface area contributed by atoms with E-state index in [4.69, 9.17) is 5.73 Å². The Kier molecular flexibility index (Phi) is 2.51. The molecule has 1 aromatic heterocycles. The zero-order valence-corrected chi connectivity index (χ0v) is 9.53. The fourth-order valence-electron chi connectivity index (χ4n) is 1.45. The van der Waals surface area contributed by atoms with Crippen molar-refractivity contribution in [1.82, 2.24) is 9.97 Å². The summed E-state index contributed by atoms with van der Waals surface area (Å²) in [5.74, 6) is 0.352. The number of hydrogen-bond acceptors (Lipinski definition) is 5. The Morgan fingerprint density at radius 3 is 2.62 bits per heavy atom. The van der Waals surface area contributed by atoms with E-state index in [1.54, 1.807) is 12.1 Å². The monoisotopic (exact) mass is 237 g/mol. The Morgan fingerprint density at radius 1 is 1.25 bits per heavy atom. The van der Waals surface area contributed by atoms with E-state index in [-0.39, 0.29) is 11.6 Å². The lowest BCUT2D eigenvalue weighted by atomic mass is 10.2. The zero-order chi connectivity index (χ0) is 11.8. The van der Waals surface area contributed by atoms with Crippen LogP contribution in [-0.4, -0.2) is 24.6 Å². The van der Waals surface area contributed by atoms with Gasteiger partial charge < -0.3 is 5.73 Å². The number of rotatable bonds is 2. The second-order valence-electron chi connectivity index (χ2n) is 3.61. The highest BCUT2D eigenvalue weighted by Gasteiger charge is 2.10. The van der Waals surface area contributed by atoms with Gasteiger partial charge in [-0.1, -0.05) is 12.1 Å². The predicted octanol–water partition coefficient (Wildman–Crippen LogP) is 0.757. The van der Waals surface area contributed by atoms with Gasteiger partial charge in [0.1, 0.15) is 17.4 Å². The third kappa shape index (κ3) is 2.27. The normalized spacial score (nSPS) is 11.8. The predicted molar refractivity (Wildman–Crippen MR) is 62.5 cm³/mol. The Balaban J connectivity index is 2.58. The number of aromatic nitrogens is 2. The van der Waals surface area contributed by atoms with Crippen LogP contribution in [-0.2, 0) is 15.6 Å². The Labute approximate surface area is 93.2 Å². The summed E-state index contributed by atoms with van der Waals surface area (Å²) < 4.78 is 22.3. The molecule has 84 valence electrons. The van der Waals surface area contributed by atoms with Crippen LogP contribution in [0, 0.1) is 0 Å². The van der Waals surface area contributed by atoms with Crippen LogP contribution < -0.4 is 5.73 Å². The van der Waals surface area contributed by atoms with Crippen molar-refractivity contribution in [3.63, 3.8) is 0 Å². The summed E-state index contributed by atoms with van der Waals surface area (Å²) in [7, 11) is -3.14. The number of hydrogen-bond donors (Lipinski definition) is 1. The van der Waals surface area contributed by atoms with E-state index in [1.807, 2.05) is 12.1 Å². The van der Waals surface area contributed by atoms with Crippen molar-refractivity contribution < 1.29 is 8.42 Å². The van der Waals surface area contributed by atoms with Crippen molar-refractivity contribution in [3.05, 3.63) is 30.1 Å². The highest BCUT2D eigenvalue weighted by molar-refractivity contribution is 7.89. The van der Waals surface area contributed by atoms with E-state index in [2.05, 4.69) is 9.97 Å². The van der Waals surface area contributed by atoms with Gasteiger partial charge in [0, 0.05) is 11.6 Å². The van der Waals surface area contributed by atoms with Gasteiger partial charge in [-0.3, -0.25) is 0 Å².